The molecule has 33 valence electrons. The zero-order valence-corrected chi connectivity index (χ0v) is 3.14. The Hall–Kier alpha value is -0.0635. The van der Waals surface area contributed by atoms with Crippen LogP contribution in [-0.4, -0.2) is 11.7 Å². The first-order valence-corrected chi connectivity index (χ1v) is 0.591. The molecule has 5 heavy (non-hydrogen) atoms. The summed E-state index contributed by atoms with van der Waals surface area (Å²) in [6.07, 6.45) is 0. The molecule has 3 nitrogen and oxygen atoms in total. The van der Waals surface area contributed by atoms with E-state index in [0.29, 0.717) is 0 Å². The molecule has 0 unspecified atom stereocenters. The van der Waals surface area contributed by atoms with Crippen LogP contribution in [0.2, 0.25) is 0 Å². The fourth-order valence-corrected chi connectivity index (χ4v) is 0. The molecule has 0 heterocycles. The predicted molar refractivity (Wildman–Crippen MR) is 9.41 cm³/mol. The predicted octanol–water partition coefficient (Wildman–Crippen LogP) is -0.459. The van der Waals surface area contributed by atoms with Gasteiger partial charge in [-0.25, -0.2) is 5.26 Å². The van der Waals surface area contributed by atoms with Gasteiger partial charge in [0, 0.05) is 16.8 Å². The molecule has 0 aliphatic rings. The Labute approximate surface area is 39.1 Å². The van der Waals surface area contributed by atoms with E-state index in [4.69, 9.17) is 10.1 Å². The molecule has 0 aromatic heterocycles. The van der Waals surface area contributed by atoms with Gasteiger partial charge in [-0.05, 0) is 6.47 Å². The van der Waals surface area contributed by atoms with Gasteiger partial charge in [0.1, 0.15) is 0 Å². The van der Waals surface area contributed by atoms with Crippen molar-refractivity contribution < 1.29 is 31.7 Å². The van der Waals surface area contributed by atoms with Gasteiger partial charge < -0.3 is 9.68 Å². The van der Waals surface area contributed by atoms with Crippen molar-refractivity contribution in [2.75, 3.05) is 0 Å². The van der Waals surface area contributed by atoms with Crippen LogP contribution in [0.3, 0.4) is 0 Å². The van der Waals surface area contributed by atoms with Crippen molar-refractivity contribution in [2.24, 2.45) is 0 Å². The Morgan fingerprint density at radius 1 is 1.80 bits per heavy atom. The second-order valence-corrected chi connectivity index (χ2v) is 0.175. The van der Waals surface area contributed by atoms with Crippen molar-refractivity contribution in [3.63, 3.8) is 0 Å². The number of hydrogen-bond acceptors (Lipinski definition) is 3. The zero-order chi connectivity index (χ0) is 3.41. The first-order valence-electron chi connectivity index (χ1n) is 0.591. The summed E-state index contributed by atoms with van der Waals surface area (Å²) in [5, 5.41) is 6.95. The third-order valence-corrected chi connectivity index (χ3v) is 0.0373. The first-order chi connectivity index (χ1) is 1.91. The molecule has 0 aromatic rings. The van der Waals surface area contributed by atoms with Crippen molar-refractivity contribution >= 4 is 6.47 Å². The third-order valence-electron chi connectivity index (χ3n) is 0.0373. The molecule has 0 saturated heterocycles. The Bertz CT molecular complexity index is 20.9. The van der Waals surface area contributed by atoms with E-state index >= 15 is 0 Å². The van der Waals surface area contributed by atoms with E-state index in [2.05, 4.69) is 4.89 Å². The molecule has 0 spiro atoms. The van der Waals surface area contributed by atoms with Crippen LogP contribution in [0.1, 0.15) is 0 Å². The summed E-state index contributed by atoms with van der Waals surface area (Å²) in [6.45, 7) is 0.736. The monoisotopic (exact) mass is 120 g/mol. The summed E-state index contributed by atoms with van der Waals surface area (Å²) in [4.78, 5) is 11.3. The third kappa shape index (κ3) is 16.8. The van der Waals surface area contributed by atoms with E-state index in [-0.39, 0.29) is 16.8 Å². The molecule has 0 bridgehead atoms. The molecule has 0 aliphatic carbocycles. The van der Waals surface area contributed by atoms with Crippen molar-refractivity contribution in [1.82, 2.24) is 0 Å². The van der Waals surface area contributed by atoms with Gasteiger partial charge in [-0.1, -0.05) is 0 Å². The largest absolute Gasteiger partial charge is 0.509 e. The summed E-state index contributed by atoms with van der Waals surface area (Å²) in [5.74, 6) is 0. The zero-order valence-electron chi connectivity index (χ0n) is 2.10. The minimum atomic E-state index is 0. The van der Waals surface area contributed by atoms with Gasteiger partial charge in [0.25, 0.3) is 0 Å². The van der Waals surface area contributed by atoms with Crippen LogP contribution in [0, 0.1) is 0 Å². The maximum atomic E-state index is 8.58. The molecule has 0 rings (SSSR count). The molecular formula is CHCoO3-. The molecule has 0 amide bonds. The van der Waals surface area contributed by atoms with Crippen LogP contribution in [-0.2, 0) is 26.5 Å². The van der Waals surface area contributed by atoms with Gasteiger partial charge in [-0.2, -0.15) is 0 Å². The number of rotatable bonds is 1. The van der Waals surface area contributed by atoms with Gasteiger partial charge in [0.2, 0.25) is 0 Å². The second-order valence-electron chi connectivity index (χ2n) is 0.175. The summed E-state index contributed by atoms with van der Waals surface area (Å²) >= 11 is 0. The summed E-state index contributed by atoms with van der Waals surface area (Å²) in [5.41, 5.74) is 0. The summed E-state index contributed by atoms with van der Waals surface area (Å²) in [6, 6.07) is 0. The Morgan fingerprint density at radius 2 is 2.00 bits per heavy atom. The molecule has 0 fully saturated rings. The fraction of sp³-hybridized carbons (Fsp3) is 0. The topological polar surface area (TPSA) is 46.5 Å². The smallest absolute Gasteiger partial charge is 0 e. The van der Waals surface area contributed by atoms with E-state index in [1.165, 1.54) is 0 Å². The van der Waals surface area contributed by atoms with Gasteiger partial charge in [-0.15, -0.1) is 0 Å². The van der Waals surface area contributed by atoms with Crippen LogP contribution in [0.15, 0.2) is 0 Å². The molecule has 0 aliphatic heterocycles. The SMILES string of the molecule is O=[C-]OO.[Co]. The molecule has 0 aromatic carbocycles. The molecule has 1 N–H and O–H groups in total. The van der Waals surface area contributed by atoms with Crippen molar-refractivity contribution in [1.29, 1.82) is 0 Å². The van der Waals surface area contributed by atoms with Gasteiger partial charge >= 0.3 is 0 Å². The van der Waals surface area contributed by atoms with Crippen LogP contribution in [0.4, 0.5) is 0 Å². The molecule has 1 radical (unpaired) electrons. The fourth-order valence-electron chi connectivity index (χ4n) is 0. The van der Waals surface area contributed by atoms with Crippen molar-refractivity contribution in [3.8, 4) is 0 Å². The van der Waals surface area contributed by atoms with Crippen LogP contribution in [0.5, 0.6) is 0 Å². The molecule has 0 atom stereocenters. The number of hydrogen-bond donors (Lipinski definition) is 1. The maximum Gasteiger partial charge on any atom is 0 e. The van der Waals surface area contributed by atoms with E-state index in [1.807, 2.05) is 0 Å². The Balaban J connectivity index is 0. The Morgan fingerprint density at radius 3 is 2.00 bits per heavy atom. The number of carbonyl (C=O) groups excluding carboxylic acids is 1. The maximum absolute atomic E-state index is 8.58. The van der Waals surface area contributed by atoms with E-state index in [9.17, 15) is 0 Å². The van der Waals surface area contributed by atoms with E-state index in [0.717, 1.165) is 6.47 Å². The first kappa shape index (κ1) is 8.87. The summed E-state index contributed by atoms with van der Waals surface area (Å²) in [7, 11) is 0. The van der Waals surface area contributed by atoms with Gasteiger partial charge in [0.15, 0.2) is 0 Å². The van der Waals surface area contributed by atoms with Crippen LogP contribution >= 0.6 is 0 Å². The standard InChI is InChI=1S/CHO3.Co/c2-1-4-3;/h3H;/q-1;. The minimum Gasteiger partial charge on any atom is -0.509 e. The average molecular weight is 120 g/mol. The van der Waals surface area contributed by atoms with Gasteiger partial charge in [0.05, 0.1) is 0 Å². The van der Waals surface area contributed by atoms with Crippen LogP contribution in [0.25, 0.3) is 0 Å². The Kier molecular flexibility index (Phi) is 16.1. The van der Waals surface area contributed by atoms with Crippen LogP contribution < -0.4 is 0 Å². The van der Waals surface area contributed by atoms with Gasteiger partial charge in [-0.3, -0.25) is 0 Å². The molecular weight excluding hydrogens is 119 g/mol. The van der Waals surface area contributed by atoms with E-state index in [1.54, 1.807) is 0 Å². The van der Waals surface area contributed by atoms with E-state index < -0.39 is 0 Å². The normalized spacial score (nSPS) is 4.20. The quantitative estimate of drug-likeness (QED) is 0.289. The molecule has 4 heteroatoms. The molecule has 0 saturated carbocycles. The summed E-state index contributed by atoms with van der Waals surface area (Å²) < 4.78 is 0. The van der Waals surface area contributed by atoms with Crippen molar-refractivity contribution in [3.05, 3.63) is 0 Å². The van der Waals surface area contributed by atoms with Crippen molar-refractivity contribution in [2.45, 2.75) is 0 Å². The average Bonchev–Trinajstić information content (AvgIpc) is 1.37. The second kappa shape index (κ2) is 9.05. The minimum absolute atomic E-state index is 0.